The van der Waals surface area contributed by atoms with Crippen LogP contribution in [0.3, 0.4) is 0 Å². The summed E-state index contributed by atoms with van der Waals surface area (Å²) in [6, 6.07) is 15.4. The number of Topliss-reactive ketones (excluding diaryl/α,β-unsaturated/α-hetero) is 1. The zero-order chi connectivity index (χ0) is 17.4. The van der Waals surface area contributed by atoms with E-state index < -0.39 is 0 Å². The van der Waals surface area contributed by atoms with E-state index in [0.717, 1.165) is 21.2 Å². The van der Waals surface area contributed by atoms with E-state index >= 15 is 0 Å². The summed E-state index contributed by atoms with van der Waals surface area (Å²) in [7, 11) is 0. The SMILES string of the molecule is Cc1ccc(CC(=O)CCC(=O)N/N=C/c2cccc(Br)c2)cc1. The van der Waals surface area contributed by atoms with E-state index in [2.05, 4.69) is 26.5 Å². The Morgan fingerprint density at radius 2 is 1.88 bits per heavy atom. The second kappa shape index (κ2) is 9.13. The summed E-state index contributed by atoms with van der Waals surface area (Å²) in [5.74, 6) is -0.219. The number of hydrogen-bond donors (Lipinski definition) is 1. The maximum absolute atomic E-state index is 11.9. The van der Waals surface area contributed by atoms with Crippen LogP contribution < -0.4 is 5.43 Å². The molecule has 0 unspecified atom stereocenters. The molecule has 5 heteroatoms. The summed E-state index contributed by atoms with van der Waals surface area (Å²) in [5.41, 5.74) is 5.45. The van der Waals surface area contributed by atoms with Gasteiger partial charge in [0.1, 0.15) is 5.78 Å². The van der Waals surface area contributed by atoms with Gasteiger partial charge in [0.2, 0.25) is 5.91 Å². The van der Waals surface area contributed by atoms with Crippen LogP contribution in [0.25, 0.3) is 0 Å². The smallest absolute Gasteiger partial charge is 0.240 e. The number of halogens is 1. The van der Waals surface area contributed by atoms with Crippen molar-refractivity contribution < 1.29 is 9.59 Å². The number of aryl methyl sites for hydroxylation is 1. The number of hydrazone groups is 1. The van der Waals surface area contributed by atoms with Crippen molar-refractivity contribution in [2.24, 2.45) is 5.10 Å². The van der Waals surface area contributed by atoms with Crippen molar-refractivity contribution in [3.63, 3.8) is 0 Å². The lowest BCUT2D eigenvalue weighted by Crippen LogP contribution is -2.18. The molecule has 0 atom stereocenters. The third-order valence-corrected chi connectivity index (χ3v) is 3.90. The zero-order valence-electron chi connectivity index (χ0n) is 13.5. The Hall–Kier alpha value is -2.27. The largest absolute Gasteiger partial charge is 0.299 e. The standard InChI is InChI=1S/C19H19BrN2O2/c1-14-5-7-15(8-6-14)12-18(23)9-10-19(24)22-21-13-16-3-2-4-17(20)11-16/h2-8,11,13H,9-10,12H2,1H3,(H,22,24)/b21-13+. The third-order valence-electron chi connectivity index (χ3n) is 3.40. The second-order valence-corrected chi connectivity index (χ2v) is 6.46. The lowest BCUT2D eigenvalue weighted by Gasteiger charge is -2.02. The quantitative estimate of drug-likeness (QED) is 0.580. The maximum atomic E-state index is 11.9. The molecule has 2 rings (SSSR count). The topological polar surface area (TPSA) is 58.5 Å². The summed E-state index contributed by atoms with van der Waals surface area (Å²) >= 11 is 3.37. The predicted octanol–water partition coefficient (Wildman–Crippen LogP) is 3.80. The molecule has 0 aliphatic rings. The number of ketones is 1. The highest BCUT2D eigenvalue weighted by Gasteiger charge is 2.07. The summed E-state index contributed by atoms with van der Waals surface area (Å²) in [6.07, 6.45) is 2.28. The van der Waals surface area contributed by atoms with E-state index in [0.29, 0.717) is 6.42 Å². The van der Waals surface area contributed by atoms with E-state index in [1.807, 2.05) is 55.5 Å². The normalized spacial score (nSPS) is 10.8. The molecule has 1 N–H and O–H groups in total. The van der Waals surface area contributed by atoms with E-state index in [9.17, 15) is 9.59 Å². The highest BCUT2D eigenvalue weighted by atomic mass is 79.9. The van der Waals surface area contributed by atoms with Crippen LogP contribution >= 0.6 is 15.9 Å². The lowest BCUT2D eigenvalue weighted by atomic mass is 10.0. The summed E-state index contributed by atoms with van der Waals surface area (Å²) in [6.45, 7) is 2.00. The highest BCUT2D eigenvalue weighted by Crippen LogP contribution is 2.10. The van der Waals surface area contributed by atoms with Gasteiger partial charge in [-0.1, -0.05) is 57.9 Å². The molecule has 0 aliphatic heterocycles. The monoisotopic (exact) mass is 386 g/mol. The Labute approximate surface area is 150 Å². The Balaban J connectivity index is 1.72. The molecule has 1 amide bonds. The van der Waals surface area contributed by atoms with Crippen molar-refractivity contribution in [2.45, 2.75) is 26.2 Å². The van der Waals surface area contributed by atoms with Gasteiger partial charge in [-0.25, -0.2) is 5.43 Å². The second-order valence-electron chi connectivity index (χ2n) is 5.55. The van der Waals surface area contributed by atoms with Crippen LogP contribution in [0.5, 0.6) is 0 Å². The predicted molar refractivity (Wildman–Crippen MR) is 99.0 cm³/mol. The zero-order valence-corrected chi connectivity index (χ0v) is 15.0. The van der Waals surface area contributed by atoms with Gasteiger partial charge in [0.25, 0.3) is 0 Å². The van der Waals surface area contributed by atoms with Gasteiger partial charge >= 0.3 is 0 Å². The fourth-order valence-corrected chi connectivity index (χ4v) is 2.51. The van der Waals surface area contributed by atoms with Gasteiger partial charge in [-0.3, -0.25) is 9.59 Å². The molecule has 0 heterocycles. The van der Waals surface area contributed by atoms with E-state index in [-0.39, 0.29) is 24.5 Å². The van der Waals surface area contributed by atoms with Crippen molar-refractivity contribution in [3.05, 3.63) is 69.7 Å². The van der Waals surface area contributed by atoms with Crippen LogP contribution in [-0.4, -0.2) is 17.9 Å². The third kappa shape index (κ3) is 6.46. The van der Waals surface area contributed by atoms with Crippen LogP contribution in [0.15, 0.2) is 58.1 Å². The van der Waals surface area contributed by atoms with Crippen molar-refractivity contribution in [2.75, 3.05) is 0 Å². The van der Waals surface area contributed by atoms with Crippen LogP contribution in [0.1, 0.15) is 29.5 Å². The molecule has 0 spiro atoms. The molecule has 24 heavy (non-hydrogen) atoms. The molecule has 4 nitrogen and oxygen atoms in total. The molecule has 0 saturated heterocycles. The summed E-state index contributed by atoms with van der Waals surface area (Å²) in [5, 5.41) is 3.90. The Bertz CT molecular complexity index is 739. The van der Waals surface area contributed by atoms with E-state index in [4.69, 9.17) is 0 Å². The van der Waals surface area contributed by atoms with Crippen molar-refractivity contribution >= 4 is 33.8 Å². The van der Waals surface area contributed by atoms with Gasteiger partial charge in [-0.05, 0) is 30.2 Å². The Morgan fingerprint density at radius 1 is 1.12 bits per heavy atom. The maximum Gasteiger partial charge on any atom is 0.240 e. The molecular formula is C19H19BrN2O2. The number of amides is 1. The van der Waals surface area contributed by atoms with Gasteiger partial charge in [0, 0.05) is 23.7 Å². The highest BCUT2D eigenvalue weighted by molar-refractivity contribution is 9.10. The molecule has 0 aliphatic carbocycles. The van der Waals surface area contributed by atoms with Gasteiger partial charge in [0.15, 0.2) is 0 Å². The van der Waals surface area contributed by atoms with Crippen LogP contribution in [0, 0.1) is 6.92 Å². The average molecular weight is 387 g/mol. The number of carbonyl (C=O) groups is 2. The number of rotatable bonds is 7. The molecule has 124 valence electrons. The number of nitrogens with one attached hydrogen (secondary N) is 1. The average Bonchev–Trinajstić information content (AvgIpc) is 2.55. The molecule has 0 fully saturated rings. The fraction of sp³-hybridized carbons (Fsp3) is 0.211. The van der Waals surface area contributed by atoms with Crippen molar-refractivity contribution in [3.8, 4) is 0 Å². The van der Waals surface area contributed by atoms with Crippen LogP contribution in [-0.2, 0) is 16.0 Å². The van der Waals surface area contributed by atoms with Crippen LogP contribution in [0.4, 0.5) is 0 Å². The van der Waals surface area contributed by atoms with Gasteiger partial charge in [-0.15, -0.1) is 0 Å². The van der Waals surface area contributed by atoms with Crippen molar-refractivity contribution in [1.82, 2.24) is 5.43 Å². The molecule has 2 aromatic carbocycles. The van der Waals surface area contributed by atoms with Gasteiger partial charge < -0.3 is 0 Å². The first-order valence-corrected chi connectivity index (χ1v) is 8.47. The number of benzene rings is 2. The summed E-state index contributed by atoms with van der Waals surface area (Å²) in [4.78, 5) is 23.6. The molecule has 0 aromatic heterocycles. The number of nitrogens with zero attached hydrogens (tertiary/aromatic N) is 1. The fourth-order valence-electron chi connectivity index (χ4n) is 2.10. The first-order chi connectivity index (χ1) is 11.5. The van der Waals surface area contributed by atoms with Crippen molar-refractivity contribution in [1.29, 1.82) is 0 Å². The number of carbonyl (C=O) groups excluding carboxylic acids is 2. The van der Waals surface area contributed by atoms with Crippen LogP contribution in [0.2, 0.25) is 0 Å². The molecular weight excluding hydrogens is 368 g/mol. The Kier molecular flexibility index (Phi) is 6.88. The van der Waals surface area contributed by atoms with Gasteiger partial charge in [0.05, 0.1) is 6.21 Å². The number of hydrogen-bond acceptors (Lipinski definition) is 3. The van der Waals surface area contributed by atoms with E-state index in [1.54, 1.807) is 6.21 Å². The minimum absolute atomic E-state index is 0.0463. The lowest BCUT2D eigenvalue weighted by molar-refractivity contribution is -0.125. The Morgan fingerprint density at radius 3 is 2.58 bits per heavy atom. The van der Waals surface area contributed by atoms with E-state index in [1.165, 1.54) is 0 Å². The minimum atomic E-state index is -0.265. The first-order valence-electron chi connectivity index (χ1n) is 7.67. The van der Waals surface area contributed by atoms with Gasteiger partial charge in [-0.2, -0.15) is 5.10 Å². The molecule has 0 radical (unpaired) electrons. The molecule has 0 bridgehead atoms. The first kappa shape index (κ1) is 18.1. The molecule has 2 aromatic rings. The minimum Gasteiger partial charge on any atom is -0.299 e. The summed E-state index contributed by atoms with van der Waals surface area (Å²) < 4.78 is 0.944. The molecule has 0 saturated carbocycles.